The fraction of sp³-hybridized carbons (Fsp3) is 0.450. The molecule has 1 aromatic carbocycles. The van der Waals surface area contributed by atoms with E-state index in [0.29, 0.717) is 17.6 Å². The number of benzene rings is 1. The molecule has 1 heterocycles. The fourth-order valence-corrected chi connectivity index (χ4v) is 3.34. The second-order valence-corrected chi connectivity index (χ2v) is 6.69. The quantitative estimate of drug-likeness (QED) is 0.851. The summed E-state index contributed by atoms with van der Waals surface area (Å²) < 4.78 is 0. The van der Waals surface area contributed by atoms with Gasteiger partial charge in [-0.05, 0) is 37.3 Å². The van der Waals surface area contributed by atoms with E-state index in [4.69, 9.17) is 0 Å². The van der Waals surface area contributed by atoms with E-state index in [1.54, 1.807) is 12.4 Å². The Morgan fingerprint density at radius 1 is 1.16 bits per heavy atom. The molecule has 0 spiro atoms. The molecule has 0 saturated heterocycles. The van der Waals surface area contributed by atoms with Crippen LogP contribution in [0.1, 0.15) is 60.5 Å². The van der Waals surface area contributed by atoms with Crippen LogP contribution in [-0.4, -0.2) is 21.9 Å². The molecule has 0 unspecified atom stereocenters. The summed E-state index contributed by atoms with van der Waals surface area (Å²) in [6, 6.07) is 6.50. The smallest absolute Gasteiger partial charge is 0.258 e. The van der Waals surface area contributed by atoms with Crippen molar-refractivity contribution in [2.24, 2.45) is 0 Å². The van der Waals surface area contributed by atoms with E-state index < -0.39 is 0 Å². The van der Waals surface area contributed by atoms with E-state index in [9.17, 15) is 4.79 Å². The number of aromatic nitrogens is 2. The van der Waals surface area contributed by atoms with Crippen LogP contribution in [0.2, 0.25) is 0 Å². The van der Waals surface area contributed by atoms with E-state index in [-0.39, 0.29) is 5.91 Å². The Kier molecular flexibility index (Phi) is 5.64. The average molecular weight is 338 g/mol. The first-order chi connectivity index (χ1) is 12.2. The Morgan fingerprint density at radius 3 is 2.56 bits per heavy atom. The van der Waals surface area contributed by atoms with Crippen molar-refractivity contribution < 1.29 is 4.79 Å². The number of hydrogen-bond donors (Lipinski definition) is 2. The molecule has 1 amide bonds. The normalized spacial score (nSPS) is 15.0. The molecule has 3 rings (SSSR count). The predicted octanol–water partition coefficient (Wildman–Crippen LogP) is 4.34. The molecule has 2 N–H and O–H groups in total. The van der Waals surface area contributed by atoms with Crippen molar-refractivity contribution in [1.82, 2.24) is 9.97 Å². The summed E-state index contributed by atoms with van der Waals surface area (Å²) in [5.74, 6) is 0.432. The molecule has 25 heavy (non-hydrogen) atoms. The topological polar surface area (TPSA) is 66.9 Å². The monoisotopic (exact) mass is 338 g/mol. The first-order valence-electron chi connectivity index (χ1n) is 9.15. The zero-order valence-electron chi connectivity index (χ0n) is 15.0. The third-order valence-electron chi connectivity index (χ3n) is 4.83. The lowest BCUT2D eigenvalue weighted by atomic mass is 9.96. The predicted molar refractivity (Wildman–Crippen MR) is 101 cm³/mol. The summed E-state index contributed by atoms with van der Waals surface area (Å²) in [7, 11) is 0. The van der Waals surface area contributed by atoms with Crippen LogP contribution in [0.25, 0.3) is 0 Å². The molecule has 0 bridgehead atoms. The lowest BCUT2D eigenvalue weighted by molar-refractivity contribution is 0.102. The summed E-state index contributed by atoms with van der Waals surface area (Å²) in [6.07, 6.45) is 10.2. The molecular weight excluding hydrogens is 312 g/mol. The van der Waals surface area contributed by atoms with Gasteiger partial charge in [-0.15, -0.1) is 0 Å². The van der Waals surface area contributed by atoms with Gasteiger partial charge in [-0.2, -0.15) is 0 Å². The van der Waals surface area contributed by atoms with Gasteiger partial charge in [0, 0.05) is 24.1 Å². The van der Waals surface area contributed by atoms with Crippen LogP contribution < -0.4 is 10.6 Å². The molecule has 1 aliphatic rings. The maximum atomic E-state index is 12.5. The number of carbonyl (C=O) groups excluding carboxylic acids is 1. The Bertz CT molecular complexity index is 721. The van der Waals surface area contributed by atoms with Crippen LogP contribution in [0.5, 0.6) is 0 Å². The third kappa shape index (κ3) is 4.35. The van der Waals surface area contributed by atoms with Crippen LogP contribution in [-0.2, 0) is 6.42 Å². The summed E-state index contributed by atoms with van der Waals surface area (Å²) in [4.78, 5) is 21.2. The minimum atomic E-state index is -0.173. The van der Waals surface area contributed by atoms with Gasteiger partial charge in [0.25, 0.3) is 5.91 Å². The number of carbonyl (C=O) groups is 1. The van der Waals surface area contributed by atoms with E-state index in [2.05, 4.69) is 27.5 Å². The molecule has 5 nitrogen and oxygen atoms in total. The maximum absolute atomic E-state index is 12.5. The van der Waals surface area contributed by atoms with E-state index in [1.807, 2.05) is 25.1 Å². The first kappa shape index (κ1) is 17.4. The first-order valence-corrected chi connectivity index (χ1v) is 9.15. The van der Waals surface area contributed by atoms with Gasteiger partial charge in [-0.3, -0.25) is 4.79 Å². The Balaban J connectivity index is 1.67. The van der Waals surface area contributed by atoms with Crippen molar-refractivity contribution in [3.8, 4) is 0 Å². The number of aryl methyl sites for hydroxylation is 2. The van der Waals surface area contributed by atoms with Crippen molar-refractivity contribution >= 4 is 17.5 Å². The molecular formula is C20H26N4O. The molecule has 2 aromatic rings. The highest BCUT2D eigenvalue weighted by Gasteiger charge is 2.15. The highest BCUT2D eigenvalue weighted by Crippen LogP contribution is 2.22. The molecule has 132 valence electrons. The standard InChI is InChI=1S/C20H26N4O/c1-3-15-9-7-8-14(2)18(15)24-19(25)16-12-21-20(22-13-16)23-17-10-5-4-6-11-17/h7-9,12-13,17H,3-6,10-11H2,1-2H3,(H,24,25)(H,21,22,23). The summed E-state index contributed by atoms with van der Waals surface area (Å²) >= 11 is 0. The van der Waals surface area contributed by atoms with Gasteiger partial charge in [0.2, 0.25) is 5.95 Å². The van der Waals surface area contributed by atoms with Crippen LogP contribution in [0.4, 0.5) is 11.6 Å². The summed E-state index contributed by atoms with van der Waals surface area (Å²) in [5, 5.41) is 6.38. The van der Waals surface area contributed by atoms with E-state index in [0.717, 1.165) is 23.2 Å². The average Bonchev–Trinajstić information content (AvgIpc) is 2.64. The molecule has 1 fully saturated rings. The molecule has 1 saturated carbocycles. The van der Waals surface area contributed by atoms with Gasteiger partial charge in [-0.25, -0.2) is 9.97 Å². The van der Waals surface area contributed by atoms with Crippen LogP contribution in [0.15, 0.2) is 30.6 Å². The van der Waals surface area contributed by atoms with Crippen molar-refractivity contribution in [2.75, 3.05) is 10.6 Å². The van der Waals surface area contributed by atoms with Crippen molar-refractivity contribution in [3.63, 3.8) is 0 Å². The molecule has 1 aromatic heterocycles. The van der Waals surface area contributed by atoms with Crippen molar-refractivity contribution in [2.45, 2.75) is 58.4 Å². The second-order valence-electron chi connectivity index (χ2n) is 6.69. The fourth-order valence-electron chi connectivity index (χ4n) is 3.34. The second kappa shape index (κ2) is 8.10. The van der Waals surface area contributed by atoms with Gasteiger partial charge in [-0.1, -0.05) is 44.4 Å². The minimum absolute atomic E-state index is 0.173. The zero-order chi connectivity index (χ0) is 17.6. The number of nitrogens with one attached hydrogen (secondary N) is 2. The van der Waals surface area contributed by atoms with Gasteiger partial charge in [0.15, 0.2) is 0 Å². The molecule has 0 radical (unpaired) electrons. The molecule has 0 aliphatic heterocycles. The van der Waals surface area contributed by atoms with Gasteiger partial charge in [0.1, 0.15) is 0 Å². The van der Waals surface area contributed by atoms with Gasteiger partial charge >= 0.3 is 0 Å². The lowest BCUT2D eigenvalue weighted by Crippen LogP contribution is -2.23. The SMILES string of the molecule is CCc1cccc(C)c1NC(=O)c1cnc(NC2CCCCC2)nc1. The van der Waals surface area contributed by atoms with Gasteiger partial charge in [0.05, 0.1) is 5.56 Å². The minimum Gasteiger partial charge on any atom is -0.351 e. The summed E-state index contributed by atoms with van der Waals surface area (Å²) in [5.41, 5.74) is 3.55. The Hall–Kier alpha value is -2.43. The van der Waals surface area contributed by atoms with Crippen molar-refractivity contribution in [3.05, 3.63) is 47.3 Å². The highest BCUT2D eigenvalue weighted by atomic mass is 16.1. The molecule has 1 aliphatic carbocycles. The van der Waals surface area contributed by atoms with Gasteiger partial charge < -0.3 is 10.6 Å². The number of hydrogen-bond acceptors (Lipinski definition) is 4. The highest BCUT2D eigenvalue weighted by molar-refractivity contribution is 6.04. The Morgan fingerprint density at radius 2 is 1.88 bits per heavy atom. The van der Waals surface area contributed by atoms with Crippen molar-refractivity contribution in [1.29, 1.82) is 0 Å². The largest absolute Gasteiger partial charge is 0.351 e. The van der Waals surface area contributed by atoms with Crippen LogP contribution >= 0.6 is 0 Å². The lowest BCUT2D eigenvalue weighted by Gasteiger charge is -2.22. The molecule has 5 heteroatoms. The number of amides is 1. The van der Waals surface area contributed by atoms with Crippen LogP contribution in [0, 0.1) is 6.92 Å². The number of para-hydroxylation sites is 1. The molecule has 0 atom stereocenters. The zero-order valence-corrected chi connectivity index (χ0v) is 15.0. The van der Waals surface area contributed by atoms with E-state index in [1.165, 1.54) is 32.1 Å². The number of anilines is 2. The van der Waals surface area contributed by atoms with Crippen LogP contribution in [0.3, 0.4) is 0 Å². The van der Waals surface area contributed by atoms with E-state index >= 15 is 0 Å². The maximum Gasteiger partial charge on any atom is 0.258 e. The summed E-state index contributed by atoms with van der Waals surface area (Å²) in [6.45, 7) is 4.09. The number of rotatable bonds is 5. The Labute approximate surface area is 149 Å². The third-order valence-corrected chi connectivity index (χ3v) is 4.83. The number of nitrogens with zero attached hydrogens (tertiary/aromatic N) is 2.